The molecule has 0 radical (unpaired) electrons. The number of hydrogen-bond acceptors (Lipinski definition) is 3. The smallest absolute Gasteiger partial charge is 0.119 e. The zero-order valence-electron chi connectivity index (χ0n) is 13.1. The predicted octanol–water partition coefficient (Wildman–Crippen LogP) is 2.91. The summed E-state index contributed by atoms with van der Waals surface area (Å²) in [6.45, 7) is 8.44. The summed E-state index contributed by atoms with van der Waals surface area (Å²) in [7, 11) is 2.23. The third-order valence-corrected chi connectivity index (χ3v) is 4.21. The molecule has 1 fully saturated rings. The Hall–Kier alpha value is -1.06. The Morgan fingerprint density at radius 2 is 2.30 bits per heavy atom. The minimum Gasteiger partial charge on any atom is -0.494 e. The van der Waals surface area contributed by atoms with Crippen LogP contribution in [0.1, 0.15) is 32.3 Å². The second-order valence-electron chi connectivity index (χ2n) is 5.91. The SMILES string of the molecule is CCOc1cccc(CNC(C)C2CCCN(C)C2)c1. The lowest BCUT2D eigenvalue weighted by Crippen LogP contribution is -2.42. The van der Waals surface area contributed by atoms with E-state index in [0.717, 1.165) is 24.8 Å². The number of likely N-dealkylation sites (tertiary alicyclic amines) is 1. The summed E-state index contributed by atoms with van der Waals surface area (Å²) in [5, 5.41) is 3.68. The molecule has 2 unspecified atom stereocenters. The van der Waals surface area contributed by atoms with Gasteiger partial charge in [0.25, 0.3) is 0 Å². The lowest BCUT2D eigenvalue weighted by Gasteiger charge is -2.34. The molecule has 2 rings (SSSR count). The quantitative estimate of drug-likeness (QED) is 0.864. The lowest BCUT2D eigenvalue weighted by molar-refractivity contribution is 0.178. The van der Waals surface area contributed by atoms with Crippen LogP contribution in [0.2, 0.25) is 0 Å². The molecule has 1 aromatic rings. The van der Waals surface area contributed by atoms with Crippen LogP contribution in [0.25, 0.3) is 0 Å². The van der Waals surface area contributed by atoms with Crippen LogP contribution in [0.5, 0.6) is 5.75 Å². The molecule has 0 aliphatic carbocycles. The Morgan fingerprint density at radius 1 is 1.45 bits per heavy atom. The molecule has 1 N–H and O–H groups in total. The van der Waals surface area contributed by atoms with Crippen LogP contribution in [0, 0.1) is 5.92 Å². The summed E-state index contributed by atoms with van der Waals surface area (Å²) in [5.41, 5.74) is 1.30. The fourth-order valence-corrected chi connectivity index (χ4v) is 2.97. The standard InChI is InChI=1S/C17H28N2O/c1-4-20-17-9-5-7-15(11-17)12-18-14(2)16-8-6-10-19(3)13-16/h5,7,9,11,14,16,18H,4,6,8,10,12-13H2,1-3H3. The van der Waals surface area contributed by atoms with Crippen molar-refractivity contribution in [2.45, 2.75) is 39.3 Å². The molecule has 112 valence electrons. The van der Waals surface area contributed by atoms with E-state index in [1.54, 1.807) is 0 Å². The number of rotatable bonds is 6. The number of ether oxygens (including phenoxy) is 1. The van der Waals surface area contributed by atoms with Crippen molar-refractivity contribution < 1.29 is 4.74 Å². The van der Waals surface area contributed by atoms with Gasteiger partial charge in [-0.15, -0.1) is 0 Å². The van der Waals surface area contributed by atoms with E-state index in [-0.39, 0.29) is 0 Å². The average molecular weight is 276 g/mol. The van der Waals surface area contributed by atoms with Crippen LogP contribution >= 0.6 is 0 Å². The van der Waals surface area contributed by atoms with Gasteiger partial charge in [-0.2, -0.15) is 0 Å². The second-order valence-corrected chi connectivity index (χ2v) is 5.91. The molecule has 0 aromatic heterocycles. The molecular formula is C17H28N2O. The topological polar surface area (TPSA) is 24.5 Å². The number of benzene rings is 1. The molecule has 1 saturated heterocycles. The minimum atomic E-state index is 0.563. The molecule has 1 heterocycles. The van der Waals surface area contributed by atoms with Crippen molar-refractivity contribution in [2.75, 3.05) is 26.7 Å². The van der Waals surface area contributed by atoms with Crippen molar-refractivity contribution in [3.05, 3.63) is 29.8 Å². The first kappa shape index (κ1) is 15.3. The van der Waals surface area contributed by atoms with Gasteiger partial charge in [-0.05, 0) is 63.9 Å². The number of nitrogens with zero attached hydrogens (tertiary/aromatic N) is 1. The highest BCUT2D eigenvalue weighted by molar-refractivity contribution is 5.28. The summed E-state index contributed by atoms with van der Waals surface area (Å²) in [4.78, 5) is 2.45. The van der Waals surface area contributed by atoms with E-state index in [1.807, 2.05) is 13.0 Å². The van der Waals surface area contributed by atoms with Crippen LogP contribution in [0.15, 0.2) is 24.3 Å². The maximum absolute atomic E-state index is 5.55. The van der Waals surface area contributed by atoms with Gasteiger partial charge < -0.3 is 15.0 Å². The monoisotopic (exact) mass is 276 g/mol. The fraction of sp³-hybridized carbons (Fsp3) is 0.647. The second kappa shape index (κ2) is 7.65. The van der Waals surface area contributed by atoms with Crippen LogP contribution in [-0.2, 0) is 6.54 Å². The van der Waals surface area contributed by atoms with Gasteiger partial charge in [0, 0.05) is 19.1 Å². The molecule has 0 saturated carbocycles. The van der Waals surface area contributed by atoms with E-state index in [0.29, 0.717) is 6.04 Å². The highest BCUT2D eigenvalue weighted by Gasteiger charge is 2.22. The molecule has 0 spiro atoms. The van der Waals surface area contributed by atoms with Crippen molar-refractivity contribution in [1.82, 2.24) is 10.2 Å². The molecule has 2 atom stereocenters. The first-order valence-corrected chi connectivity index (χ1v) is 7.82. The third kappa shape index (κ3) is 4.50. The van der Waals surface area contributed by atoms with Gasteiger partial charge in [-0.3, -0.25) is 0 Å². The normalized spacial score (nSPS) is 21.6. The molecule has 1 aliphatic heterocycles. The van der Waals surface area contributed by atoms with E-state index in [4.69, 9.17) is 4.74 Å². The van der Waals surface area contributed by atoms with E-state index >= 15 is 0 Å². The van der Waals surface area contributed by atoms with Crippen molar-refractivity contribution >= 4 is 0 Å². The maximum atomic E-state index is 5.55. The van der Waals surface area contributed by atoms with Crippen molar-refractivity contribution in [2.24, 2.45) is 5.92 Å². The molecule has 0 bridgehead atoms. The number of piperidine rings is 1. The molecule has 1 aliphatic rings. The van der Waals surface area contributed by atoms with Crippen molar-refractivity contribution in [1.29, 1.82) is 0 Å². The Labute approximate surface area is 123 Å². The zero-order valence-corrected chi connectivity index (χ0v) is 13.1. The average Bonchev–Trinajstić information content (AvgIpc) is 2.45. The van der Waals surface area contributed by atoms with Crippen molar-refractivity contribution in [3.63, 3.8) is 0 Å². The molecule has 3 nitrogen and oxygen atoms in total. The lowest BCUT2D eigenvalue weighted by atomic mass is 9.92. The minimum absolute atomic E-state index is 0.563. The Kier molecular flexibility index (Phi) is 5.86. The molecular weight excluding hydrogens is 248 g/mol. The van der Waals surface area contributed by atoms with Crippen LogP contribution in [0.3, 0.4) is 0 Å². The van der Waals surface area contributed by atoms with E-state index < -0.39 is 0 Å². The third-order valence-electron chi connectivity index (χ3n) is 4.21. The maximum Gasteiger partial charge on any atom is 0.119 e. The number of hydrogen-bond donors (Lipinski definition) is 1. The van der Waals surface area contributed by atoms with Crippen LogP contribution in [-0.4, -0.2) is 37.7 Å². The van der Waals surface area contributed by atoms with E-state index in [9.17, 15) is 0 Å². The van der Waals surface area contributed by atoms with Crippen molar-refractivity contribution in [3.8, 4) is 5.75 Å². The Morgan fingerprint density at radius 3 is 3.05 bits per heavy atom. The van der Waals surface area contributed by atoms with Gasteiger partial charge >= 0.3 is 0 Å². The fourth-order valence-electron chi connectivity index (χ4n) is 2.97. The summed E-state index contributed by atoms with van der Waals surface area (Å²) >= 11 is 0. The Balaban J connectivity index is 1.83. The highest BCUT2D eigenvalue weighted by Crippen LogP contribution is 2.19. The van der Waals surface area contributed by atoms with E-state index in [1.165, 1.54) is 31.5 Å². The van der Waals surface area contributed by atoms with Gasteiger partial charge in [-0.1, -0.05) is 12.1 Å². The largest absolute Gasteiger partial charge is 0.494 e. The summed E-state index contributed by atoms with van der Waals surface area (Å²) < 4.78 is 5.55. The van der Waals surface area contributed by atoms with Crippen LogP contribution in [0.4, 0.5) is 0 Å². The molecule has 0 amide bonds. The Bertz CT molecular complexity index is 408. The van der Waals surface area contributed by atoms with Gasteiger partial charge in [-0.25, -0.2) is 0 Å². The predicted molar refractivity (Wildman–Crippen MR) is 84.1 cm³/mol. The first-order valence-electron chi connectivity index (χ1n) is 7.82. The molecule has 1 aromatic carbocycles. The summed E-state index contributed by atoms with van der Waals surface area (Å²) in [6, 6.07) is 8.95. The van der Waals surface area contributed by atoms with E-state index in [2.05, 4.69) is 42.4 Å². The molecule has 20 heavy (non-hydrogen) atoms. The van der Waals surface area contributed by atoms with Gasteiger partial charge in [0.05, 0.1) is 6.61 Å². The summed E-state index contributed by atoms with van der Waals surface area (Å²) in [5.74, 6) is 1.74. The van der Waals surface area contributed by atoms with Gasteiger partial charge in [0.1, 0.15) is 5.75 Å². The highest BCUT2D eigenvalue weighted by atomic mass is 16.5. The number of nitrogens with one attached hydrogen (secondary N) is 1. The molecule has 3 heteroatoms. The zero-order chi connectivity index (χ0) is 14.4. The van der Waals surface area contributed by atoms with Gasteiger partial charge in [0.2, 0.25) is 0 Å². The van der Waals surface area contributed by atoms with Crippen LogP contribution < -0.4 is 10.1 Å². The van der Waals surface area contributed by atoms with Gasteiger partial charge in [0.15, 0.2) is 0 Å². The first-order chi connectivity index (χ1) is 9.69. The summed E-state index contributed by atoms with van der Waals surface area (Å²) in [6.07, 6.45) is 2.67.